The molecule has 0 saturated heterocycles. The van der Waals surface area contributed by atoms with Gasteiger partial charge in [0.05, 0.1) is 6.17 Å². The van der Waals surface area contributed by atoms with Crippen LogP contribution in [-0.4, -0.2) is 19.3 Å². The molecule has 0 saturated carbocycles. The van der Waals surface area contributed by atoms with Crippen molar-refractivity contribution in [3.05, 3.63) is 0 Å². The van der Waals surface area contributed by atoms with Crippen LogP contribution in [0.5, 0.6) is 0 Å². The van der Waals surface area contributed by atoms with E-state index >= 15 is 0 Å². The van der Waals surface area contributed by atoms with Crippen LogP contribution < -0.4 is 10.6 Å². The molecule has 0 unspecified atom stereocenters. The summed E-state index contributed by atoms with van der Waals surface area (Å²) in [6.45, 7) is 9.22. The van der Waals surface area contributed by atoms with Crippen LogP contribution in [0.15, 0.2) is 0 Å². The Hall–Kier alpha value is -0.0800. The maximum atomic E-state index is 3.69. The van der Waals surface area contributed by atoms with Crippen LogP contribution in [0.4, 0.5) is 0 Å². The largest absolute Gasteiger partial charge is 0.302 e. The Morgan fingerprint density at radius 2 is 0.760 bits per heavy atom. The fourth-order valence-electron chi connectivity index (χ4n) is 3.43. The molecule has 0 atom stereocenters. The van der Waals surface area contributed by atoms with Gasteiger partial charge in [0.15, 0.2) is 0 Å². The number of hydrogen-bond acceptors (Lipinski definition) is 2. The van der Waals surface area contributed by atoms with Gasteiger partial charge in [0.25, 0.3) is 0 Å². The minimum atomic E-state index is 0.522. The van der Waals surface area contributed by atoms with Crippen molar-refractivity contribution >= 4 is 0 Å². The fraction of sp³-hybridized carbons (Fsp3) is 1.00. The van der Waals surface area contributed by atoms with Gasteiger partial charge in [-0.15, -0.1) is 0 Å². The van der Waals surface area contributed by atoms with Crippen LogP contribution in [0, 0.1) is 0 Å². The molecule has 0 aromatic rings. The van der Waals surface area contributed by atoms with Gasteiger partial charge in [-0.1, -0.05) is 111 Å². The van der Waals surface area contributed by atoms with E-state index in [4.69, 9.17) is 0 Å². The number of rotatable bonds is 21. The van der Waals surface area contributed by atoms with Crippen molar-refractivity contribution in [1.82, 2.24) is 10.6 Å². The zero-order chi connectivity index (χ0) is 18.4. The van der Waals surface area contributed by atoms with E-state index in [2.05, 4.69) is 31.4 Å². The normalized spacial score (nSPS) is 11.5. The highest BCUT2D eigenvalue weighted by atomic mass is 15.1. The predicted octanol–water partition coefficient (Wildman–Crippen LogP) is 7.18. The van der Waals surface area contributed by atoms with Crippen molar-refractivity contribution in [3.8, 4) is 0 Å². The second-order valence-electron chi connectivity index (χ2n) is 7.82. The van der Waals surface area contributed by atoms with E-state index in [1.54, 1.807) is 0 Å². The van der Waals surface area contributed by atoms with E-state index < -0.39 is 0 Å². The Morgan fingerprint density at radius 3 is 1.08 bits per heavy atom. The molecule has 0 bridgehead atoms. The van der Waals surface area contributed by atoms with Gasteiger partial charge < -0.3 is 10.6 Å². The lowest BCUT2D eigenvalue weighted by molar-refractivity contribution is 0.399. The maximum absolute atomic E-state index is 3.69. The van der Waals surface area contributed by atoms with Gasteiger partial charge in [-0.2, -0.15) is 0 Å². The summed E-state index contributed by atoms with van der Waals surface area (Å²) in [5.74, 6) is 0. The highest BCUT2D eigenvalue weighted by molar-refractivity contribution is 4.63. The maximum Gasteiger partial charge on any atom is 0.0568 e. The van der Waals surface area contributed by atoms with E-state index in [1.807, 2.05) is 0 Å². The summed E-state index contributed by atoms with van der Waals surface area (Å²) in [5.41, 5.74) is 0. The van der Waals surface area contributed by atoms with Gasteiger partial charge >= 0.3 is 0 Å². The summed E-state index contributed by atoms with van der Waals surface area (Å²) in [5, 5.41) is 7.39. The molecular formula is C23H50N2. The second-order valence-corrected chi connectivity index (χ2v) is 7.82. The van der Waals surface area contributed by atoms with E-state index in [0.717, 1.165) is 0 Å². The van der Waals surface area contributed by atoms with E-state index in [0.29, 0.717) is 6.17 Å². The first-order valence-electron chi connectivity index (χ1n) is 11.8. The van der Waals surface area contributed by atoms with Crippen LogP contribution in [0.3, 0.4) is 0 Å². The van der Waals surface area contributed by atoms with Gasteiger partial charge in [0.2, 0.25) is 0 Å². The van der Waals surface area contributed by atoms with E-state index in [1.165, 1.54) is 122 Å². The smallest absolute Gasteiger partial charge is 0.0568 e. The third kappa shape index (κ3) is 20.1. The number of hydrogen-bond donors (Lipinski definition) is 2. The monoisotopic (exact) mass is 354 g/mol. The van der Waals surface area contributed by atoms with Crippen molar-refractivity contribution < 1.29 is 0 Å². The molecule has 2 nitrogen and oxygen atoms in total. The Kier molecular flexibility index (Phi) is 21.9. The molecule has 2 N–H and O–H groups in total. The van der Waals surface area contributed by atoms with Crippen LogP contribution in [0.25, 0.3) is 0 Å². The van der Waals surface area contributed by atoms with Crippen molar-refractivity contribution in [2.24, 2.45) is 0 Å². The molecule has 0 aliphatic rings. The van der Waals surface area contributed by atoms with Crippen LogP contribution in [-0.2, 0) is 0 Å². The molecule has 0 aliphatic heterocycles. The molecule has 0 spiro atoms. The molecule has 0 aromatic heterocycles. The average Bonchev–Trinajstić information content (AvgIpc) is 2.63. The predicted molar refractivity (Wildman–Crippen MR) is 115 cm³/mol. The molecule has 0 heterocycles. The minimum Gasteiger partial charge on any atom is -0.302 e. The van der Waals surface area contributed by atoms with Crippen molar-refractivity contribution in [1.29, 1.82) is 0 Å². The van der Waals surface area contributed by atoms with Gasteiger partial charge in [-0.05, 0) is 32.4 Å². The van der Waals surface area contributed by atoms with Crippen LogP contribution >= 0.6 is 0 Å². The van der Waals surface area contributed by atoms with Gasteiger partial charge in [-0.25, -0.2) is 0 Å². The Balaban J connectivity index is 3.28. The van der Waals surface area contributed by atoms with Crippen molar-refractivity contribution in [2.75, 3.05) is 13.1 Å². The van der Waals surface area contributed by atoms with Gasteiger partial charge in [0, 0.05) is 0 Å². The fourth-order valence-corrected chi connectivity index (χ4v) is 3.43. The lowest BCUT2D eigenvalue weighted by atomic mass is 10.1. The Morgan fingerprint density at radius 1 is 0.440 bits per heavy atom. The first kappa shape index (κ1) is 24.9. The van der Waals surface area contributed by atoms with E-state index in [9.17, 15) is 0 Å². The number of nitrogens with one attached hydrogen (secondary N) is 2. The second kappa shape index (κ2) is 22.0. The zero-order valence-corrected chi connectivity index (χ0v) is 18.0. The molecule has 0 amide bonds. The standard InChI is InChI=1S/C23H50N2/c1-4-7-9-11-13-15-17-19-21-24-23(6-3)25-22-20-18-16-14-12-10-8-5-2/h23-25H,4-22H2,1-3H3. The number of unbranched alkanes of at least 4 members (excludes halogenated alkanes) is 14. The summed E-state index contributed by atoms with van der Waals surface area (Å²) in [7, 11) is 0. The molecule has 2 heteroatoms. The average molecular weight is 355 g/mol. The van der Waals surface area contributed by atoms with Crippen LogP contribution in [0.2, 0.25) is 0 Å². The SMILES string of the molecule is CCCCCCCCCCNC(CC)NCCCCCCCCCC. The lowest BCUT2D eigenvalue weighted by Gasteiger charge is -2.18. The van der Waals surface area contributed by atoms with E-state index in [-0.39, 0.29) is 0 Å². The Labute approximate surface area is 160 Å². The quantitative estimate of drug-likeness (QED) is 0.168. The van der Waals surface area contributed by atoms with Crippen molar-refractivity contribution in [2.45, 2.75) is 136 Å². The van der Waals surface area contributed by atoms with Gasteiger partial charge in [0.1, 0.15) is 0 Å². The van der Waals surface area contributed by atoms with Gasteiger partial charge in [-0.3, -0.25) is 0 Å². The Bertz CT molecular complexity index is 208. The molecule has 0 aliphatic carbocycles. The van der Waals surface area contributed by atoms with Crippen LogP contribution in [0.1, 0.15) is 130 Å². The molecule has 0 radical (unpaired) electrons. The van der Waals surface area contributed by atoms with Crippen molar-refractivity contribution in [3.63, 3.8) is 0 Å². The third-order valence-electron chi connectivity index (χ3n) is 5.25. The molecular weight excluding hydrogens is 304 g/mol. The topological polar surface area (TPSA) is 24.1 Å². The summed E-state index contributed by atoms with van der Waals surface area (Å²) in [4.78, 5) is 0. The highest BCUT2D eigenvalue weighted by Crippen LogP contribution is 2.09. The first-order valence-corrected chi connectivity index (χ1v) is 11.8. The third-order valence-corrected chi connectivity index (χ3v) is 5.25. The minimum absolute atomic E-state index is 0.522. The summed E-state index contributed by atoms with van der Waals surface area (Å²) < 4.78 is 0. The lowest BCUT2D eigenvalue weighted by Crippen LogP contribution is -2.42. The zero-order valence-electron chi connectivity index (χ0n) is 18.0. The first-order chi connectivity index (χ1) is 12.3. The molecule has 25 heavy (non-hydrogen) atoms. The highest BCUT2D eigenvalue weighted by Gasteiger charge is 2.03. The summed E-state index contributed by atoms with van der Waals surface area (Å²) in [6.07, 6.45) is 24.2. The molecule has 0 rings (SSSR count). The summed E-state index contributed by atoms with van der Waals surface area (Å²) in [6, 6.07) is 0. The molecule has 152 valence electrons. The molecule has 0 aromatic carbocycles. The molecule has 0 fully saturated rings. The summed E-state index contributed by atoms with van der Waals surface area (Å²) >= 11 is 0.